The van der Waals surface area contributed by atoms with Crippen LogP contribution in [0.25, 0.3) is 0 Å². The summed E-state index contributed by atoms with van der Waals surface area (Å²) < 4.78 is 10.7. The van der Waals surface area contributed by atoms with E-state index in [2.05, 4.69) is 11.9 Å². The topological polar surface area (TPSA) is 62.2 Å². The minimum atomic E-state index is 0.129. The predicted molar refractivity (Wildman–Crippen MR) is 92.1 cm³/mol. The van der Waals surface area contributed by atoms with Crippen LogP contribution in [-0.2, 0) is 12.8 Å². The summed E-state index contributed by atoms with van der Waals surface area (Å²) in [5.41, 5.74) is 3.12. The van der Waals surface area contributed by atoms with E-state index in [1.807, 2.05) is 18.2 Å². The highest BCUT2D eigenvalue weighted by Crippen LogP contribution is 2.46. The number of fused-ring (bicyclic) bond motifs is 1. The standard InChI is InChI=1S/C19H23NO4/c1-20-9-8-14-15(11-17(23-2)19(24-3)18(14)22)16(20)10-12-4-6-13(21)7-5-12/h4-7,11,16,21-22H,8-10H2,1-3H3. The predicted octanol–water partition coefficient (Wildman–Crippen LogP) is 2.89. The Morgan fingerprint density at radius 2 is 1.83 bits per heavy atom. The van der Waals surface area contributed by atoms with Gasteiger partial charge in [-0.15, -0.1) is 0 Å². The second-order valence-electron chi connectivity index (χ2n) is 6.15. The molecule has 0 aliphatic carbocycles. The highest BCUT2D eigenvalue weighted by atomic mass is 16.5. The van der Waals surface area contributed by atoms with Gasteiger partial charge in [-0.2, -0.15) is 0 Å². The fourth-order valence-corrected chi connectivity index (χ4v) is 3.40. The molecule has 2 N–H and O–H groups in total. The van der Waals surface area contributed by atoms with Crippen molar-refractivity contribution in [2.45, 2.75) is 18.9 Å². The largest absolute Gasteiger partial charge is 0.508 e. The number of likely N-dealkylation sites (N-methyl/N-ethyl adjacent to an activating group) is 1. The van der Waals surface area contributed by atoms with Crippen LogP contribution in [0, 0.1) is 0 Å². The summed E-state index contributed by atoms with van der Waals surface area (Å²) in [7, 11) is 5.19. The van der Waals surface area contributed by atoms with Gasteiger partial charge in [-0.05, 0) is 49.2 Å². The second-order valence-corrected chi connectivity index (χ2v) is 6.15. The second kappa shape index (κ2) is 6.61. The Kier molecular flexibility index (Phi) is 4.53. The number of rotatable bonds is 4. The molecule has 0 aromatic heterocycles. The Hall–Kier alpha value is -2.40. The van der Waals surface area contributed by atoms with Gasteiger partial charge < -0.3 is 19.7 Å². The molecule has 128 valence electrons. The summed E-state index contributed by atoms with van der Waals surface area (Å²) >= 11 is 0. The monoisotopic (exact) mass is 329 g/mol. The molecule has 0 bridgehead atoms. The molecule has 2 aromatic carbocycles. The first-order valence-electron chi connectivity index (χ1n) is 8.00. The average molecular weight is 329 g/mol. The smallest absolute Gasteiger partial charge is 0.203 e. The molecule has 0 radical (unpaired) electrons. The number of methoxy groups -OCH3 is 2. The van der Waals surface area contributed by atoms with Crippen molar-refractivity contribution in [2.24, 2.45) is 0 Å². The van der Waals surface area contributed by atoms with Gasteiger partial charge in [0.05, 0.1) is 14.2 Å². The quantitative estimate of drug-likeness (QED) is 0.903. The van der Waals surface area contributed by atoms with E-state index >= 15 is 0 Å². The molecular formula is C19H23NO4. The molecule has 0 fully saturated rings. The van der Waals surface area contributed by atoms with Crippen LogP contribution in [0.4, 0.5) is 0 Å². The first kappa shape index (κ1) is 16.5. The molecular weight excluding hydrogens is 306 g/mol. The number of benzene rings is 2. The van der Waals surface area contributed by atoms with Crippen molar-refractivity contribution in [3.05, 3.63) is 47.0 Å². The van der Waals surface area contributed by atoms with Gasteiger partial charge in [0.1, 0.15) is 5.75 Å². The molecule has 0 amide bonds. The number of nitrogens with zero attached hydrogens (tertiary/aromatic N) is 1. The minimum Gasteiger partial charge on any atom is -0.508 e. The summed E-state index contributed by atoms with van der Waals surface area (Å²) in [5.74, 6) is 1.37. The summed E-state index contributed by atoms with van der Waals surface area (Å²) in [5, 5.41) is 20.1. The highest BCUT2D eigenvalue weighted by molar-refractivity contribution is 5.60. The Bertz CT molecular complexity index is 727. The zero-order valence-electron chi connectivity index (χ0n) is 14.2. The van der Waals surface area contributed by atoms with Crippen LogP contribution in [0.15, 0.2) is 30.3 Å². The normalized spacial score (nSPS) is 17.4. The molecule has 0 saturated carbocycles. The van der Waals surface area contributed by atoms with Gasteiger partial charge in [0.15, 0.2) is 11.5 Å². The fraction of sp³-hybridized carbons (Fsp3) is 0.368. The molecule has 24 heavy (non-hydrogen) atoms. The fourth-order valence-electron chi connectivity index (χ4n) is 3.40. The van der Waals surface area contributed by atoms with Crippen molar-refractivity contribution < 1.29 is 19.7 Å². The van der Waals surface area contributed by atoms with Crippen LogP contribution in [0.5, 0.6) is 23.0 Å². The van der Waals surface area contributed by atoms with Gasteiger partial charge in [0.2, 0.25) is 5.75 Å². The van der Waals surface area contributed by atoms with Crippen molar-refractivity contribution >= 4 is 0 Å². The zero-order valence-corrected chi connectivity index (χ0v) is 14.2. The SMILES string of the molecule is COc1cc2c(c(O)c1OC)CCN(C)C2Cc1ccc(O)cc1. The van der Waals surface area contributed by atoms with Gasteiger partial charge in [0, 0.05) is 18.2 Å². The Morgan fingerprint density at radius 1 is 1.12 bits per heavy atom. The molecule has 1 heterocycles. The zero-order chi connectivity index (χ0) is 17.3. The number of aromatic hydroxyl groups is 2. The maximum Gasteiger partial charge on any atom is 0.203 e. The van der Waals surface area contributed by atoms with Crippen molar-refractivity contribution in [3.63, 3.8) is 0 Å². The van der Waals surface area contributed by atoms with Gasteiger partial charge in [-0.25, -0.2) is 0 Å². The lowest BCUT2D eigenvalue weighted by Gasteiger charge is -2.35. The number of hydrogen-bond donors (Lipinski definition) is 2. The van der Waals surface area contributed by atoms with E-state index in [0.29, 0.717) is 11.5 Å². The van der Waals surface area contributed by atoms with Gasteiger partial charge in [0.25, 0.3) is 0 Å². The Balaban J connectivity index is 2.03. The van der Waals surface area contributed by atoms with Crippen LogP contribution in [0.3, 0.4) is 0 Å². The van der Waals surface area contributed by atoms with Gasteiger partial charge in [-0.1, -0.05) is 12.1 Å². The molecule has 5 heteroatoms. The van der Waals surface area contributed by atoms with Gasteiger partial charge in [-0.3, -0.25) is 4.90 Å². The third kappa shape index (κ3) is 2.87. The first-order valence-corrected chi connectivity index (χ1v) is 8.00. The van der Waals surface area contributed by atoms with Crippen LogP contribution in [0.1, 0.15) is 22.7 Å². The maximum atomic E-state index is 10.6. The average Bonchev–Trinajstić information content (AvgIpc) is 2.59. The number of phenolic OH excluding ortho intramolecular Hbond substituents is 2. The van der Waals surface area contributed by atoms with E-state index in [4.69, 9.17) is 9.47 Å². The van der Waals surface area contributed by atoms with E-state index in [9.17, 15) is 10.2 Å². The molecule has 5 nitrogen and oxygen atoms in total. The van der Waals surface area contributed by atoms with Crippen LogP contribution in [0.2, 0.25) is 0 Å². The highest BCUT2D eigenvalue weighted by Gasteiger charge is 2.30. The molecule has 0 saturated heterocycles. The minimum absolute atomic E-state index is 0.129. The molecule has 1 atom stereocenters. The molecule has 1 aliphatic heterocycles. The van der Waals surface area contributed by atoms with E-state index in [1.165, 1.54) is 7.11 Å². The number of hydrogen-bond acceptors (Lipinski definition) is 5. The van der Waals surface area contributed by atoms with E-state index in [0.717, 1.165) is 36.1 Å². The number of ether oxygens (including phenoxy) is 2. The van der Waals surface area contributed by atoms with E-state index in [-0.39, 0.29) is 17.5 Å². The lowest BCUT2D eigenvalue weighted by molar-refractivity contribution is 0.224. The van der Waals surface area contributed by atoms with Crippen molar-refractivity contribution in [1.82, 2.24) is 4.90 Å². The lowest BCUT2D eigenvalue weighted by atomic mass is 9.88. The summed E-state index contributed by atoms with van der Waals surface area (Å²) in [6, 6.07) is 9.35. The first-order chi connectivity index (χ1) is 11.5. The summed E-state index contributed by atoms with van der Waals surface area (Å²) in [6.45, 7) is 0.860. The van der Waals surface area contributed by atoms with Crippen molar-refractivity contribution in [3.8, 4) is 23.0 Å². The van der Waals surface area contributed by atoms with Gasteiger partial charge >= 0.3 is 0 Å². The summed E-state index contributed by atoms with van der Waals surface area (Å²) in [4.78, 5) is 2.28. The lowest BCUT2D eigenvalue weighted by Crippen LogP contribution is -2.33. The third-order valence-corrected chi connectivity index (χ3v) is 4.75. The van der Waals surface area contributed by atoms with Crippen LogP contribution >= 0.6 is 0 Å². The molecule has 0 spiro atoms. The third-order valence-electron chi connectivity index (χ3n) is 4.75. The van der Waals surface area contributed by atoms with Crippen molar-refractivity contribution in [2.75, 3.05) is 27.8 Å². The molecule has 1 unspecified atom stereocenters. The van der Waals surface area contributed by atoms with Crippen molar-refractivity contribution in [1.29, 1.82) is 0 Å². The molecule has 3 rings (SSSR count). The Morgan fingerprint density at radius 3 is 2.46 bits per heavy atom. The summed E-state index contributed by atoms with van der Waals surface area (Å²) in [6.07, 6.45) is 1.56. The Labute approximate surface area is 142 Å². The van der Waals surface area contributed by atoms with E-state index in [1.54, 1.807) is 19.2 Å². The number of phenols is 2. The van der Waals surface area contributed by atoms with Crippen LogP contribution in [-0.4, -0.2) is 42.9 Å². The maximum absolute atomic E-state index is 10.6. The molecule has 1 aliphatic rings. The molecule has 2 aromatic rings. The van der Waals surface area contributed by atoms with Crippen LogP contribution < -0.4 is 9.47 Å². The van der Waals surface area contributed by atoms with E-state index < -0.39 is 0 Å².